The molecule has 0 aliphatic rings. The number of rotatable bonds is 4. The van der Waals surface area contributed by atoms with Crippen LogP contribution in [0.3, 0.4) is 0 Å². The normalized spacial score (nSPS) is 10.3. The molecule has 0 saturated carbocycles. The van der Waals surface area contributed by atoms with Gasteiger partial charge in [0.15, 0.2) is 0 Å². The van der Waals surface area contributed by atoms with Crippen molar-refractivity contribution in [3.63, 3.8) is 0 Å². The summed E-state index contributed by atoms with van der Waals surface area (Å²) in [6, 6.07) is 12.1. The third-order valence-electron chi connectivity index (χ3n) is 3.19. The van der Waals surface area contributed by atoms with Gasteiger partial charge in [0, 0.05) is 17.8 Å². The van der Waals surface area contributed by atoms with Crippen LogP contribution >= 0.6 is 0 Å². The van der Waals surface area contributed by atoms with Crippen LogP contribution in [-0.4, -0.2) is 12.4 Å². The fourth-order valence-electron chi connectivity index (χ4n) is 2.21. The first-order chi connectivity index (χ1) is 9.52. The molecule has 3 nitrogen and oxygen atoms in total. The van der Waals surface area contributed by atoms with E-state index < -0.39 is 0 Å². The third kappa shape index (κ3) is 2.79. The maximum absolute atomic E-state index is 13.1. The molecule has 0 amide bonds. The Labute approximate surface area is 118 Å². The number of hydrogen-bond acceptors (Lipinski definition) is 2. The lowest BCUT2D eigenvalue weighted by Gasteiger charge is -2.26. The van der Waals surface area contributed by atoms with Crippen molar-refractivity contribution in [2.24, 2.45) is 5.73 Å². The lowest BCUT2D eigenvalue weighted by atomic mass is 10.1. The summed E-state index contributed by atoms with van der Waals surface area (Å²) in [7, 11) is 0. The van der Waals surface area contributed by atoms with Crippen molar-refractivity contribution in [2.75, 3.05) is 11.4 Å². The Balaban J connectivity index is 2.53. The van der Waals surface area contributed by atoms with Gasteiger partial charge in [-0.2, -0.15) is 0 Å². The number of benzene rings is 2. The van der Waals surface area contributed by atoms with Gasteiger partial charge in [0.2, 0.25) is 0 Å². The van der Waals surface area contributed by atoms with Crippen LogP contribution in [0.15, 0.2) is 42.5 Å². The second-order valence-electron chi connectivity index (χ2n) is 4.65. The summed E-state index contributed by atoms with van der Waals surface area (Å²) in [4.78, 5) is 2.02. The maximum Gasteiger partial charge on any atom is 0.124 e. The summed E-state index contributed by atoms with van der Waals surface area (Å²) >= 11 is 0. The van der Waals surface area contributed by atoms with E-state index in [1.165, 1.54) is 12.1 Å². The van der Waals surface area contributed by atoms with Crippen LogP contribution < -0.4 is 10.6 Å². The molecule has 2 rings (SSSR count). The Morgan fingerprint density at radius 1 is 1.20 bits per heavy atom. The van der Waals surface area contributed by atoms with E-state index in [1.54, 1.807) is 12.1 Å². The quantitative estimate of drug-likeness (QED) is 0.659. The number of hydrogen-bond donors (Lipinski definition) is 2. The van der Waals surface area contributed by atoms with Gasteiger partial charge in [0.1, 0.15) is 11.7 Å². The van der Waals surface area contributed by atoms with Gasteiger partial charge in [-0.15, -0.1) is 0 Å². The average Bonchev–Trinajstić information content (AvgIpc) is 2.41. The molecule has 20 heavy (non-hydrogen) atoms. The molecule has 0 spiro atoms. The summed E-state index contributed by atoms with van der Waals surface area (Å²) in [5.41, 5.74) is 9.17. The first-order valence-electron chi connectivity index (χ1n) is 6.51. The minimum absolute atomic E-state index is 0.0283. The Hall–Kier alpha value is -2.36. The van der Waals surface area contributed by atoms with Crippen molar-refractivity contribution in [1.82, 2.24) is 0 Å². The number of anilines is 2. The fourth-order valence-corrected chi connectivity index (χ4v) is 2.21. The van der Waals surface area contributed by atoms with Gasteiger partial charge >= 0.3 is 0 Å². The highest BCUT2D eigenvalue weighted by Gasteiger charge is 2.14. The summed E-state index contributed by atoms with van der Waals surface area (Å²) < 4.78 is 13.1. The van der Waals surface area contributed by atoms with Crippen LogP contribution in [-0.2, 0) is 0 Å². The van der Waals surface area contributed by atoms with Crippen LogP contribution in [0.1, 0.15) is 18.1 Å². The van der Waals surface area contributed by atoms with E-state index in [9.17, 15) is 4.39 Å². The van der Waals surface area contributed by atoms with Crippen LogP contribution in [0.4, 0.5) is 15.8 Å². The molecular weight excluding hydrogens is 253 g/mol. The topological polar surface area (TPSA) is 53.1 Å². The molecule has 0 unspecified atom stereocenters. The van der Waals surface area contributed by atoms with Gasteiger partial charge in [-0.1, -0.05) is 6.07 Å². The van der Waals surface area contributed by atoms with Crippen LogP contribution in [0.5, 0.6) is 0 Å². The molecule has 0 heterocycles. The number of aryl methyl sites for hydroxylation is 1. The molecule has 0 fully saturated rings. The van der Waals surface area contributed by atoms with Crippen molar-refractivity contribution in [3.8, 4) is 0 Å². The summed E-state index contributed by atoms with van der Waals surface area (Å²) in [5, 5.41) is 7.70. The number of nitrogens with one attached hydrogen (secondary N) is 1. The molecule has 0 atom stereocenters. The lowest BCUT2D eigenvalue weighted by molar-refractivity contribution is 0.628. The summed E-state index contributed by atoms with van der Waals surface area (Å²) in [5.74, 6) is -0.235. The second-order valence-corrected chi connectivity index (χ2v) is 4.65. The summed E-state index contributed by atoms with van der Waals surface area (Å²) in [6.45, 7) is 4.71. The van der Waals surface area contributed by atoms with E-state index in [0.29, 0.717) is 12.1 Å². The van der Waals surface area contributed by atoms with Crippen LogP contribution in [0.25, 0.3) is 0 Å². The van der Waals surface area contributed by atoms with E-state index >= 15 is 0 Å². The van der Waals surface area contributed by atoms with Crippen molar-refractivity contribution in [2.45, 2.75) is 13.8 Å². The van der Waals surface area contributed by atoms with Gasteiger partial charge in [-0.05, 0) is 55.8 Å². The number of nitrogens with two attached hydrogens (primary N) is 1. The van der Waals surface area contributed by atoms with Crippen molar-refractivity contribution >= 4 is 17.2 Å². The van der Waals surface area contributed by atoms with E-state index in [0.717, 1.165) is 16.9 Å². The third-order valence-corrected chi connectivity index (χ3v) is 3.19. The molecule has 3 N–H and O–H groups in total. The molecule has 2 aromatic carbocycles. The summed E-state index contributed by atoms with van der Waals surface area (Å²) in [6.07, 6.45) is 0. The monoisotopic (exact) mass is 271 g/mol. The van der Waals surface area contributed by atoms with Gasteiger partial charge in [-0.25, -0.2) is 4.39 Å². The van der Waals surface area contributed by atoms with Gasteiger partial charge in [0.25, 0.3) is 0 Å². The highest BCUT2D eigenvalue weighted by atomic mass is 19.1. The molecule has 0 aliphatic carbocycles. The molecule has 0 aliphatic heterocycles. The molecule has 0 bridgehead atoms. The number of nitrogens with zero attached hydrogens (tertiary/aromatic N) is 1. The standard InChI is InChI=1S/C16H18FN3/c1-3-20(13-7-5-12(17)6-8-13)15-10-11(2)4-9-14(15)16(18)19/h4-10H,3H2,1-2H3,(H3,18,19). The molecule has 0 radical (unpaired) electrons. The van der Waals surface area contributed by atoms with Crippen LogP contribution in [0.2, 0.25) is 0 Å². The highest BCUT2D eigenvalue weighted by Crippen LogP contribution is 2.29. The Bertz CT molecular complexity index is 620. The van der Waals surface area contributed by atoms with Gasteiger partial charge in [-0.3, -0.25) is 5.41 Å². The van der Waals surface area contributed by atoms with E-state index in [4.69, 9.17) is 11.1 Å². The van der Waals surface area contributed by atoms with E-state index in [-0.39, 0.29) is 11.7 Å². The number of halogens is 1. The van der Waals surface area contributed by atoms with E-state index in [1.807, 2.05) is 36.9 Å². The SMILES string of the molecule is CCN(c1ccc(F)cc1)c1cc(C)ccc1C(=N)N. The van der Waals surface area contributed by atoms with Crippen molar-refractivity contribution in [3.05, 3.63) is 59.4 Å². The average molecular weight is 271 g/mol. The first-order valence-corrected chi connectivity index (χ1v) is 6.51. The predicted molar refractivity (Wildman–Crippen MR) is 81.3 cm³/mol. The molecule has 104 valence electrons. The second kappa shape index (κ2) is 5.74. The first kappa shape index (κ1) is 14.1. The number of nitrogen functional groups attached to an aromatic ring is 1. The minimum atomic E-state index is -0.263. The Morgan fingerprint density at radius 3 is 2.40 bits per heavy atom. The van der Waals surface area contributed by atoms with Gasteiger partial charge < -0.3 is 10.6 Å². The molecule has 0 aromatic heterocycles. The maximum atomic E-state index is 13.1. The fraction of sp³-hybridized carbons (Fsp3) is 0.188. The Kier molecular flexibility index (Phi) is 4.03. The molecule has 2 aromatic rings. The molecular formula is C16H18FN3. The van der Waals surface area contributed by atoms with Gasteiger partial charge in [0.05, 0.1) is 5.69 Å². The predicted octanol–water partition coefficient (Wildman–Crippen LogP) is 3.58. The zero-order valence-electron chi connectivity index (χ0n) is 11.7. The van der Waals surface area contributed by atoms with Crippen molar-refractivity contribution < 1.29 is 4.39 Å². The zero-order valence-corrected chi connectivity index (χ0v) is 11.7. The Morgan fingerprint density at radius 2 is 1.85 bits per heavy atom. The number of amidine groups is 1. The highest BCUT2D eigenvalue weighted by molar-refractivity contribution is 6.01. The van der Waals surface area contributed by atoms with E-state index in [2.05, 4.69) is 0 Å². The minimum Gasteiger partial charge on any atom is -0.384 e. The van der Waals surface area contributed by atoms with Crippen LogP contribution in [0, 0.1) is 18.2 Å². The largest absolute Gasteiger partial charge is 0.384 e. The molecule has 0 saturated heterocycles. The molecule has 4 heteroatoms. The van der Waals surface area contributed by atoms with Crippen molar-refractivity contribution in [1.29, 1.82) is 5.41 Å². The smallest absolute Gasteiger partial charge is 0.124 e. The zero-order chi connectivity index (χ0) is 14.7. The lowest BCUT2D eigenvalue weighted by Crippen LogP contribution is -2.22.